The van der Waals surface area contributed by atoms with E-state index in [0.717, 1.165) is 18.9 Å². The Balaban J connectivity index is 1.79. The van der Waals surface area contributed by atoms with Gasteiger partial charge in [-0.15, -0.1) is 0 Å². The van der Waals surface area contributed by atoms with Gasteiger partial charge in [0.05, 0.1) is 5.02 Å². The zero-order valence-corrected chi connectivity index (χ0v) is 11.3. The van der Waals surface area contributed by atoms with E-state index in [1.807, 2.05) is 0 Å². The Morgan fingerprint density at radius 1 is 1.45 bits per heavy atom. The third kappa shape index (κ3) is 4.66. The van der Waals surface area contributed by atoms with Gasteiger partial charge in [-0.05, 0) is 36.6 Å². The topological polar surface area (TPSA) is 55.4 Å². The van der Waals surface area contributed by atoms with E-state index in [-0.39, 0.29) is 23.6 Å². The molecule has 106 valence electrons. The Morgan fingerprint density at radius 2 is 2.20 bits per heavy atom. The second-order valence-electron chi connectivity index (χ2n) is 4.46. The summed E-state index contributed by atoms with van der Waals surface area (Å²) < 4.78 is 17.7. The molecule has 1 amide bonds. The minimum absolute atomic E-state index is 0.0238. The summed E-state index contributed by atoms with van der Waals surface area (Å²) in [5, 5.41) is 2.67. The van der Waals surface area contributed by atoms with Gasteiger partial charge < -0.3 is 10.1 Å². The van der Waals surface area contributed by atoms with Gasteiger partial charge in [-0.2, -0.15) is 0 Å². The summed E-state index contributed by atoms with van der Waals surface area (Å²) in [6.45, 7) is -0.302. The van der Waals surface area contributed by atoms with Crippen molar-refractivity contribution in [2.24, 2.45) is 0 Å². The van der Waals surface area contributed by atoms with Crippen LogP contribution in [0.25, 0.3) is 6.08 Å². The summed E-state index contributed by atoms with van der Waals surface area (Å²) in [7, 11) is 0. The van der Waals surface area contributed by atoms with Crippen LogP contribution in [0.1, 0.15) is 18.4 Å². The molecule has 1 aliphatic rings. The molecule has 0 radical (unpaired) electrons. The Labute approximate surface area is 120 Å². The molecule has 1 saturated carbocycles. The van der Waals surface area contributed by atoms with Gasteiger partial charge in [0.2, 0.25) is 0 Å². The smallest absolute Gasteiger partial charge is 0.331 e. The number of halogens is 2. The summed E-state index contributed by atoms with van der Waals surface area (Å²) in [6, 6.07) is 4.31. The van der Waals surface area contributed by atoms with E-state index in [2.05, 4.69) is 5.32 Å². The number of nitrogens with one attached hydrogen (secondary N) is 1. The number of hydrogen-bond donors (Lipinski definition) is 1. The van der Waals surface area contributed by atoms with Gasteiger partial charge in [0.15, 0.2) is 6.61 Å². The normalized spacial score (nSPS) is 14.3. The Hall–Kier alpha value is -1.88. The van der Waals surface area contributed by atoms with Crippen LogP contribution in [0.2, 0.25) is 5.02 Å². The van der Waals surface area contributed by atoms with Gasteiger partial charge in [0.25, 0.3) is 5.91 Å². The fourth-order valence-corrected chi connectivity index (χ4v) is 1.65. The zero-order valence-electron chi connectivity index (χ0n) is 10.6. The molecule has 4 nitrogen and oxygen atoms in total. The van der Waals surface area contributed by atoms with Gasteiger partial charge in [0, 0.05) is 12.1 Å². The van der Waals surface area contributed by atoms with E-state index in [9.17, 15) is 14.0 Å². The Kier molecular flexibility index (Phi) is 4.74. The second-order valence-corrected chi connectivity index (χ2v) is 4.86. The van der Waals surface area contributed by atoms with Crippen molar-refractivity contribution in [1.82, 2.24) is 5.32 Å². The monoisotopic (exact) mass is 297 g/mol. The van der Waals surface area contributed by atoms with E-state index in [1.165, 1.54) is 24.3 Å². The standard InChI is InChI=1S/C14H13ClFNO3/c15-11-7-9(1-5-12(11)16)2-6-14(19)20-8-13(18)17-10-3-4-10/h1-2,5-7,10H,3-4,8H2,(H,17,18)/b6-2+. The third-order valence-electron chi connectivity index (χ3n) is 2.64. The highest BCUT2D eigenvalue weighted by Crippen LogP contribution is 2.18. The Morgan fingerprint density at radius 3 is 2.85 bits per heavy atom. The first kappa shape index (κ1) is 14.5. The van der Waals surface area contributed by atoms with Crippen LogP contribution >= 0.6 is 11.6 Å². The van der Waals surface area contributed by atoms with Crippen LogP contribution in [-0.2, 0) is 14.3 Å². The average Bonchev–Trinajstić information content (AvgIpc) is 3.21. The number of hydrogen-bond acceptors (Lipinski definition) is 3. The molecule has 1 fully saturated rings. The number of esters is 1. The van der Waals surface area contributed by atoms with Gasteiger partial charge in [-0.3, -0.25) is 4.79 Å². The molecule has 6 heteroatoms. The number of carbonyl (C=O) groups is 2. The highest BCUT2D eigenvalue weighted by atomic mass is 35.5. The van der Waals surface area contributed by atoms with E-state index < -0.39 is 11.8 Å². The maximum Gasteiger partial charge on any atom is 0.331 e. The van der Waals surface area contributed by atoms with Crippen LogP contribution in [0.4, 0.5) is 4.39 Å². The fourth-order valence-electron chi connectivity index (χ4n) is 1.46. The molecular formula is C14H13ClFNO3. The van der Waals surface area contributed by atoms with Crippen molar-refractivity contribution < 1.29 is 18.7 Å². The molecule has 0 spiro atoms. The van der Waals surface area contributed by atoms with Crippen LogP contribution < -0.4 is 5.32 Å². The van der Waals surface area contributed by atoms with Crippen LogP contribution in [0.15, 0.2) is 24.3 Å². The summed E-state index contributed by atoms with van der Waals surface area (Å²) in [5.74, 6) is -1.47. The van der Waals surface area contributed by atoms with Crippen LogP contribution in [-0.4, -0.2) is 24.5 Å². The molecule has 1 aliphatic carbocycles. The van der Waals surface area contributed by atoms with Crippen molar-refractivity contribution in [3.63, 3.8) is 0 Å². The molecule has 0 saturated heterocycles. The second kappa shape index (κ2) is 6.52. The lowest BCUT2D eigenvalue weighted by Crippen LogP contribution is -2.30. The number of ether oxygens (including phenoxy) is 1. The zero-order chi connectivity index (χ0) is 14.5. The Bertz CT molecular complexity index is 555. The minimum atomic E-state index is -0.642. The predicted octanol–water partition coefficient (Wildman–Crippen LogP) is 2.31. The molecule has 20 heavy (non-hydrogen) atoms. The van der Waals surface area contributed by atoms with Crippen molar-refractivity contribution >= 4 is 29.6 Å². The molecule has 0 aliphatic heterocycles. The maximum absolute atomic E-state index is 12.9. The molecule has 0 heterocycles. The fraction of sp³-hybridized carbons (Fsp3) is 0.286. The van der Waals surface area contributed by atoms with Crippen molar-refractivity contribution in [3.8, 4) is 0 Å². The lowest BCUT2D eigenvalue weighted by atomic mass is 10.2. The largest absolute Gasteiger partial charge is 0.452 e. The quantitative estimate of drug-likeness (QED) is 0.670. The van der Waals surface area contributed by atoms with Crippen LogP contribution in [0.5, 0.6) is 0 Å². The van der Waals surface area contributed by atoms with Gasteiger partial charge >= 0.3 is 5.97 Å². The van der Waals surface area contributed by atoms with Crippen LogP contribution in [0, 0.1) is 5.82 Å². The van der Waals surface area contributed by atoms with E-state index >= 15 is 0 Å². The van der Waals surface area contributed by atoms with Gasteiger partial charge in [-0.1, -0.05) is 17.7 Å². The maximum atomic E-state index is 12.9. The first-order chi connectivity index (χ1) is 9.54. The van der Waals surface area contributed by atoms with E-state index in [4.69, 9.17) is 16.3 Å². The van der Waals surface area contributed by atoms with Crippen molar-refractivity contribution in [1.29, 1.82) is 0 Å². The predicted molar refractivity (Wildman–Crippen MR) is 72.6 cm³/mol. The molecule has 0 atom stereocenters. The van der Waals surface area contributed by atoms with Crippen molar-refractivity contribution in [2.75, 3.05) is 6.61 Å². The van der Waals surface area contributed by atoms with Gasteiger partial charge in [-0.25, -0.2) is 9.18 Å². The molecule has 1 N–H and O–H groups in total. The lowest BCUT2D eigenvalue weighted by molar-refractivity contribution is -0.143. The molecule has 1 aromatic carbocycles. The summed E-state index contributed by atoms with van der Waals surface area (Å²) in [6.07, 6.45) is 4.55. The minimum Gasteiger partial charge on any atom is -0.452 e. The number of carbonyl (C=O) groups excluding carboxylic acids is 2. The van der Waals surface area contributed by atoms with Crippen molar-refractivity contribution in [3.05, 3.63) is 40.7 Å². The highest BCUT2D eigenvalue weighted by Gasteiger charge is 2.23. The molecular weight excluding hydrogens is 285 g/mol. The van der Waals surface area contributed by atoms with Crippen molar-refractivity contribution in [2.45, 2.75) is 18.9 Å². The number of amides is 1. The molecule has 2 rings (SSSR count). The van der Waals surface area contributed by atoms with Crippen LogP contribution in [0.3, 0.4) is 0 Å². The summed E-state index contributed by atoms with van der Waals surface area (Å²) in [4.78, 5) is 22.7. The lowest BCUT2D eigenvalue weighted by Gasteiger charge is -2.03. The summed E-state index contributed by atoms with van der Waals surface area (Å²) >= 11 is 5.61. The molecule has 0 unspecified atom stereocenters. The number of benzene rings is 1. The molecule has 1 aromatic rings. The van der Waals surface area contributed by atoms with E-state index in [1.54, 1.807) is 0 Å². The summed E-state index contributed by atoms with van der Waals surface area (Å²) in [5.41, 5.74) is 0.566. The number of rotatable bonds is 5. The third-order valence-corrected chi connectivity index (χ3v) is 2.93. The average molecular weight is 298 g/mol. The van der Waals surface area contributed by atoms with E-state index in [0.29, 0.717) is 5.56 Å². The first-order valence-electron chi connectivity index (χ1n) is 6.14. The highest BCUT2D eigenvalue weighted by molar-refractivity contribution is 6.30. The molecule has 0 bridgehead atoms. The molecule has 0 aromatic heterocycles. The van der Waals surface area contributed by atoms with Gasteiger partial charge in [0.1, 0.15) is 5.82 Å². The SMILES string of the molecule is O=C(COC(=O)/C=C/c1ccc(F)c(Cl)c1)NC1CC1. The first-order valence-corrected chi connectivity index (χ1v) is 6.51.